The number of hydrogen-bond donors (Lipinski definition) is 2. The van der Waals surface area contributed by atoms with Gasteiger partial charge in [0.25, 0.3) is 0 Å². The number of benzene rings is 1. The van der Waals surface area contributed by atoms with E-state index in [0.29, 0.717) is 11.4 Å². The molecule has 0 unspecified atom stereocenters. The third-order valence-corrected chi connectivity index (χ3v) is 3.29. The lowest BCUT2D eigenvalue weighted by Crippen LogP contribution is -2.35. The zero-order valence-corrected chi connectivity index (χ0v) is 11.2. The number of carbonyl (C=O) groups excluding carboxylic acids is 1. The molecule has 1 aliphatic rings. The molecule has 0 aromatic heterocycles. The average Bonchev–Trinajstić information content (AvgIpc) is 2.83. The lowest BCUT2D eigenvalue weighted by atomic mass is 10.2. The van der Waals surface area contributed by atoms with Crippen LogP contribution in [0.5, 0.6) is 5.75 Å². The fourth-order valence-electron chi connectivity index (χ4n) is 1.91. The maximum absolute atomic E-state index is 11.9. The highest BCUT2D eigenvalue weighted by Gasteiger charge is 2.22. The minimum Gasteiger partial charge on any atom is -0.495 e. The molecule has 1 atom stereocenters. The van der Waals surface area contributed by atoms with E-state index in [2.05, 4.69) is 26.6 Å². The molecule has 92 valence electrons. The van der Waals surface area contributed by atoms with Crippen molar-refractivity contribution in [3.05, 3.63) is 22.7 Å². The standard InChI is InChI=1S/C12H15BrN2O2/c1-17-11-5-4-8(13)7-10(11)15-12(16)9-3-2-6-14-9/h4-5,7,9,14H,2-3,6H2,1H3,(H,15,16)/t9-/m0/s1. The van der Waals surface area contributed by atoms with Crippen molar-refractivity contribution in [2.24, 2.45) is 0 Å². The number of hydrogen-bond acceptors (Lipinski definition) is 3. The summed E-state index contributed by atoms with van der Waals surface area (Å²) < 4.78 is 6.12. The average molecular weight is 299 g/mol. The van der Waals surface area contributed by atoms with Gasteiger partial charge >= 0.3 is 0 Å². The van der Waals surface area contributed by atoms with E-state index in [9.17, 15) is 4.79 Å². The van der Waals surface area contributed by atoms with Crippen LogP contribution in [-0.2, 0) is 4.79 Å². The minimum atomic E-state index is -0.0845. The SMILES string of the molecule is COc1ccc(Br)cc1NC(=O)[C@@H]1CCCN1. The Labute approximate surface area is 109 Å². The van der Waals surface area contributed by atoms with Crippen molar-refractivity contribution in [1.29, 1.82) is 0 Å². The molecule has 0 bridgehead atoms. The molecule has 1 aliphatic heterocycles. The second-order valence-electron chi connectivity index (χ2n) is 3.98. The molecule has 1 saturated heterocycles. The summed E-state index contributed by atoms with van der Waals surface area (Å²) in [6.07, 6.45) is 1.94. The van der Waals surface area contributed by atoms with Gasteiger partial charge in [0.05, 0.1) is 18.8 Å². The molecule has 0 spiro atoms. The summed E-state index contributed by atoms with van der Waals surface area (Å²) in [5.74, 6) is 0.665. The Morgan fingerprint density at radius 3 is 3.06 bits per heavy atom. The minimum absolute atomic E-state index is 0.00102. The summed E-state index contributed by atoms with van der Waals surface area (Å²) in [7, 11) is 1.59. The number of amides is 1. The number of carbonyl (C=O) groups is 1. The molecule has 0 radical (unpaired) electrons. The number of ether oxygens (including phenoxy) is 1. The van der Waals surface area contributed by atoms with E-state index in [4.69, 9.17) is 4.74 Å². The smallest absolute Gasteiger partial charge is 0.241 e. The number of nitrogens with one attached hydrogen (secondary N) is 2. The molecule has 1 heterocycles. The molecular formula is C12H15BrN2O2. The maximum Gasteiger partial charge on any atom is 0.241 e. The van der Waals surface area contributed by atoms with Gasteiger partial charge in [-0.15, -0.1) is 0 Å². The second kappa shape index (κ2) is 5.51. The van der Waals surface area contributed by atoms with Crippen molar-refractivity contribution in [2.45, 2.75) is 18.9 Å². The fourth-order valence-corrected chi connectivity index (χ4v) is 2.27. The van der Waals surface area contributed by atoms with Crippen molar-refractivity contribution < 1.29 is 9.53 Å². The van der Waals surface area contributed by atoms with Gasteiger partial charge in [0.15, 0.2) is 0 Å². The first-order chi connectivity index (χ1) is 8.20. The van der Waals surface area contributed by atoms with E-state index in [1.54, 1.807) is 7.11 Å². The first kappa shape index (κ1) is 12.4. The lowest BCUT2D eigenvalue weighted by Gasteiger charge is -2.14. The van der Waals surface area contributed by atoms with Crippen molar-refractivity contribution >= 4 is 27.5 Å². The molecule has 1 aromatic rings. The van der Waals surface area contributed by atoms with Crippen molar-refractivity contribution in [3.8, 4) is 5.75 Å². The van der Waals surface area contributed by atoms with E-state index in [-0.39, 0.29) is 11.9 Å². The van der Waals surface area contributed by atoms with Crippen LogP contribution < -0.4 is 15.4 Å². The van der Waals surface area contributed by atoms with Gasteiger partial charge in [0.2, 0.25) is 5.91 Å². The van der Waals surface area contributed by atoms with Crippen LogP contribution in [0.3, 0.4) is 0 Å². The molecule has 17 heavy (non-hydrogen) atoms. The molecule has 0 saturated carbocycles. The summed E-state index contributed by atoms with van der Waals surface area (Å²) in [6.45, 7) is 0.910. The van der Waals surface area contributed by atoms with E-state index in [1.165, 1.54) is 0 Å². The van der Waals surface area contributed by atoms with Gasteiger partial charge in [0, 0.05) is 4.47 Å². The van der Waals surface area contributed by atoms with Crippen molar-refractivity contribution in [2.75, 3.05) is 19.0 Å². The van der Waals surface area contributed by atoms with E-state index >= 15 is 0 Å². The highest BCUT2D eigenvalue weighted by molar-refractivity contribution is 9.10. The Hall–Kier alpha value is -1.07. The van der Waals surface area contributed by atoms with Crippen LogP contribution in [0.25, 0.3) is 0 Å². The first-order valence-electron chi connectivity index (χ1n) is 5.58. The molecular weight excluding hydrogens is 284 g/mol. The molecule has 2 rings (SSSR count). The largest absolute Gasteiger partial charge is 0.495 e. The Bertz CT molecular complexity index is 417. The molecule has 2 N–H and O–H groups in total. The molecule has 0 aliphatic carbocycles. The summed E-state index contributed by atoms with van der Waals surface area (Å²) in [4.78, 5) is 11.9. The Morgan fingerprint density at radius 2 is 2.41 bits per heavy atom. The predicted molar refractivity (Wildman–Crippen MR) is 70.3 cm³/mol. The summed E-state index contributed by atoms with van der Waals surface area (Å²) >= 11 is 3.38. The summed E-state index contributed by atoms with van der Waals surface area (Å²) in [5.41, 5.74) is 0.695. The highest BCUT2D eigenvalue weighted by Crippen LogP contribution is 2.28. The van der Waals surface area contributed by atoms with Gasteiger partial charge in [-0.3, -0.25) is 4.79 Å². The molecule has 4 nitrogen and oxygen atoms in total. The predicted octanol–water partition coefficient (Wildman–Crippen LogP) is 2.15. The van der Waals surface area contributed by atoms with Crippen LogP contribution in [0.2, 0.25) is 0 Å². The van der Waals surface area contributed by atoms with Crippen LogP contribution in [0.4, 0.5) is 5.69 Å². The van der Waals surface area contributed by atoms with Crippen LogP contribution in [-0.4, -0.2) is 25.6 Å². The van der Waals surface area contributed by atoms with Gasteiger partial charge in [-0.2, -0.15) is 0 Å². The Morgan fingerprint density at radius 1 is 1.59 bits per heavy atom. The molecule has 1 aromatic carbocycles. The zero-order chi connectivity index (χ0) is 12.3. The van der Waals surface area contributed by atoms with Gasteiger partial charge in [-0.25, -0.2) is 0 Å². The molecule has 1 amide bonds. The van der Waals surface area contributed by atoms with E-state index in [1.807, 2.05) is 18.2 Å². The molecule has 1 fully saturated rings. The third-order valence-electron chi connectivity index (χ3n) is 2.80. The summed E-state index contributed by atoms with van der Waals surface area (Å²) in [5, 5.41) is 6.05. The van der Waals surface area contributed by atoms with Gasteiger partial charge in [-0.05, 0) is 37.6 Å². The van der Waals surface area contributed by atoms with Gasteiger partial charge < -0.3 is 15.4 Å². The second-order valence-corrected chi connectivity index (χ2v) is 4.90. The fraction of sp³-hybridized carbons (Fsp3) is 0.417. The van der Waals surface area contributed by atoms with Crippen molar-refractivity contribution in [3.63, 3.8) is 0 Å². The normalized spacial score (nSPS) is 19.1. The Kier molecular flexibility index (Phi) is 4.02. The van der Waals surface area contributed by atoms with Crippen LogP contribution in [0.1, 0.15) is 12.8 Å². The number of halogens is 1. The molecule has 5 heteroatoms. The number of anilines is 1. The topological polar surface area (TPSA) is 50.4 Å². The van der Waals surface area contributed by atoms with Crippen LogP contribution >= 0.6 is 15.9 Å². The first-order valence-corrected chi connectivity index (χ1v) is 6.38. The number of methoxy groups -OCH3 is 1. The van der Waals surface area contributed by atoms with Gasteiger partial charge in [0.1, 0.15) is 5.75 Å². The van der Waals surface area contributed by atoms with Crippen molar-refractivity contribution in [1.82, 2.24) is 5.32 Å². The lowest BCUT2D eigenvalue weighted by molar-refractivity contribution is -0.117. The zero-order valence-electron chi connectivity index (χ0n) is 9.63. The number of rotatable bonds is 3. The summed E-state index contributed by atoms with van der Waals surface area (Å²) in [6, 6.07) is 5.45. The quantitative estimate of drug-likeness (QED) is 0.899. The van der Waals surface area contributed by atoms with Crippen LogP contribution in [0.15, 0.2) is 22.7 Å². The van der Waals surface area contributed by atoms with Crippen LogP contribution in [0, 0.1) is 0 Å². The van der Waals surface area contributed by atoms with Gasteiger partial charge in [-0.1, -0.05) is 15.9 Å². The van der Waals surface area contributed by atoms with E-state index < -0.39 is 0 Å². The highest BCUT2D eigenvalue weighted by atomic mass is 79.9. The van der Waals surface area contributed by atoms with E-state index in [0.717, 1.165) is 23.9 Å². The third kappa shape index (κ3) is 2.98. The monoisotopic (exact) mass is 298 g/mol. The maximum atomic E-state index is 11.9. The Balaban J connectivity index is 2.11.